The van der Waals surface area contributed by atoms with Gasteiger partial charge in [0, 0.05) is 18.0 Å². The maximum atomic E-state index is 12.0. The van der Waals surface area contributed by atoms with Crippen LogP contribution < -0.4 is 5.32 Å². The number of pyridine rings is 1. The molecule has 0 aliphatic carbocycles. The third kappa shape index (κ3) is 3.37. The lowest BCUT2D eigenvalue weighted by Gasteiger charge is -2.03. The highest BCUT2D eigenvalue weighted by Crippen LogP contribution is 2.13. The molecule has 2 heterocycles. The molecule has 1 N–H and O–H groups in total. The van der Waals surface area contributed by atoms with Gasteiger partial charge in [0.05, 0.1) is 11.4 Å². The van der Waals surface area contributed by atoms with Crippen LogP contribution in [0.1, 0.15) is 16.2 Å². The van der Waals surface area contributed by atoms with E-state index in [1.54, 1.807) is 18.3 Å². The molecule has 0 fully saturated rings. The molecule has 0 saturated heterocycles. The Labute approximate surface area is 132 Å². The number of sulfone groups is 1. The SMILES string of the molecule is CS(=O)(=O)c1ccc(C(=O)NCc2nc3ncccc3o2)cc1. The molecule has 0 unspecified atom stereocenters. The van der Waals surface area contributed by atoms with E-state index in [0.717, 1.165) is 6.26 Å². The largest absolute Gasteiger partial charge is 0.437 e. The van der Waals surface area contributed by atoms with Gasteiger partial charge >= 0.3 is 0 Å². The van der Waals surface area contributed by atoms with Crippen molar-refractivity contribution in [3.63, 3.8) is 0 Å². The Hall–Kier alpha value is -2.74. The van der Waals surface area contributed by atoms with Gasteiger partial charge in [0.1, 0.15) is 0 Å². The Morgan fingerprint density at radius 1 is 1.22 bits per heavy atom. The van der Waals surface area contributed by atoms with E-state index in [-0.39, 0.29) is 17.3 Å². The van der Waals surface area contributed by atoms with Gasteiger partial charge in [-0.2, -0.15) is 4.98 Å². The smallest absolute Gasteiger partial charge is 0.251 e. The molecule has 0 aliphatic rings. The topological polar surface area (TPSA) is 102 Å². The van der Waals surface area contributed by atoms with Crippen LogP contribution in [0.5, 0.6) is 0 Å². The fourth-order valence-corrected chi connectivity index (χ4v) is 2.63. The number of carbonyl (C=O) groups is 1. The zero-order valence-corrected chi connectivity index (χ0v) is 13.0. The van der Waals surface area contributed by atoms with E-state index in [0.29, 0.717) is 22.7 Å². The Balaban J connectivity index is 1.69. The van der Waals surface area contributed by atoms with Gasteiger partial charge in [0.25, 0.3) is 5.91 Å². The first kappa shape index (κ1) is 15.2. The molecule has 0 radical (unpaired) electrons. The predicted molar refractivity (Wildman–Crippen MR) is 82.5 cm³/mol. The number of rotatable bonds is 4. The highest BCUT2D eigenvalue weighted by Gasteiger charge is 2.11. The van der Waals surface area contributed by atoms with Gasteiger partial charge in [-0.05, 0) is 36.4 Å². The second kappa shape index (κ2) is 5.81. The van der Waals surface area contributed by atoms with Crippen molar-refractivity contribution in [2.45, 2.75) is 11.4 Å². The van der Waals surface area contributed by atoms with Gasteiger partial charge in [-0.25, -0.2) is 13.4 Å². The fraction of sp³-hybridized carbons (Fsp3) is 0.133. The van der Waals surface area contributed by atoms with Crippen molar-refractivity contribution in [2.24, 2.45) is 0 Å². The van der Waals surface area contributed by atoms with Crippen molar-refractivity contribution in [3.8, 4) is 0 Å². The van der Waals surface area contributed by atoms with Crippen LogP contribution >= 0.6 is 0 Å². The lowest BCUT2D eigenvalue weighted by Crippen LogP contribution is -2.22. The molecule has 0 spiro atoms. The number of hydrogen-bond acceptors (Lipinski definition) is 6. The summed E-state index contributed by atoms with van der Waals surface area (Å²) in [5.74, 6) is 0.0000671. The van der Waals surface area contributed by atoms with E-state index >= 15 is 0 Å². The summed E-state index contributed by atoms with van der Waals surface area (Å²) in [5, 5.41) is 2.66. The molecule has 7 nitrogen and oxygen atoms in total. The maximum absolute atomic E-state index is 12.0. The van der Waals surface area contributed by atoms with Gasteiger partial charge < -0.3 is 9.73 Å². The van der Waals surface area contributed by atoms with E-state index in [1.165, 1.54) is 24.3 Å². The molecule has 23 heavy (non-hydrogen) atoms. The van der Waals surface area contributed by atoms with Gasteiger partial charge in [-0.15, -0.1) is 0 Å². The van der Waals surface area contributed by atoms with Gasteiger partial charge in [-0.1, -0.05) is 0 Å². The lowest BCUT2D eigenvalue weighted by atomic mass is 10.2. The summed E-state index contributed by atoms with van der Waals surface area (Å²) in [5.41, 5.74) is 1.38. The van der Waals surface area contributed by atoms with Gasteiger partial charge in [0.2, 0.25) is 5.89 Å². The minimum Gasteiger partial charge on any atom is -0.437 e. The number of nitrogens with zero attached hydrogens (tertiary/aromatic N) is 2. The Morgan fingerprint density at radius 3 is 2.61 bits per heavy atom. The first-order valence-electron chi connectivity index (χ1n) is 6.72. The average Bonchev–Trinajstić information content (AvgIpc) is 2.95. The van der Waals surface area contributed by atoms with E-state index < -0.39 is 9.84 Å². The number of benzene rings is 1. The number of amides is 1. The number of oxazole rings is 1. The van der Waals surface area contributed by atoms with Crippen LogP contribution in [0.3, 0.4) is 0 Å². The van der Waals surface area contributed by atoms with Crippen LogP contribution in [-0.4, -0.2) is 30.5 Å². The molecule has 1 amide bonds. The van der Waals surface area contributed by atoms with Crippen LogP contribution in [-0.2, 0) is 16.4 Å². The van der Waals surface area contributed by atoms with Crippen LogP contribution in [0.15, 0.2) is 51.9 Å². The first-order valence-corrected chi connectivity index (χ1v) is 8.61. The fourth-order valence-electron chi connectivity index (χ4n) is 2.00. The normalized spacial score (nSPS) is 11.5. The van der Waals surface area contributed by atoms with Crippen molar-refractivity contribution in [1.29, 1.82) is 0 Å². The third-order valence-electron chi connectivity index (χ3n) is 3.15. The summed E-state index contributed by atoms with van der Waals surface area (Å²) in [6.07, 6.45) is 2.72. The standard InChI is InChI=1S/C15H13N3O4S/c1-23(20,21)11-6-4-10(5-7-11)15(19)17-9-13-18-14-12(22-13)3-2-8-16-14/h2-8H,9H2,1H3,(H,17,19). The second-order valence-electron chi connectivity index (χ2n) is 4.91. The van der Waals surface area contributed by atoms with Gasteiger partial charge in [-0.3, -0.25) is 4.79 Å². The average molecular weight is 331 g/mol. The molecule has 0 aliphatic heterocycles. The van der Waals surface area contributed by atoms with E-state index in [1.807, 2.05) is 0 Å². The molecule has 0 bridgehead atoms. The van der Waals surface area contributed by atoms with Crippen molar-refractivity contribution in [3.05, 3.63) is 54.0 Å². The molecular weight excluding hydrogens is 318 g/mol. The molecule has 3 aromatic rings. The van der Waals surface area contributed by atoms with Crippen molar-refractivity contribution in [1.82, 2.24) is 15.3 Å². The summed E-state index contributed by atoms with van der Waals surface area (Å²) in [6, 6.07) is 9.18. The van der Waals surface area contributed by atoms with E-state index in [2.05, 4.69) is 15.3 Å². The number of nitrogens with one attached hydrogen (secondary N) is 1. The summed E-state index contributed by atoms with van der Waals surface area (Å²) < 4.78 is 28.2. The molecule has 0 saturated carbocycles. The minimum absolute atomic E-state index is 0.114. The molecule has 3 rings (SSSR count). The maximum Gasteiger partial charge on any atom is 0.251 e. The monoisotopic (exact) mass is 331 g/mol. The second-order valence-corrected chi connectivity index (χ2v) is 6.93. The Kier molecular flexibility index (Phi) is 3.83. The molecule has 0 atom stereocenters. The highest BCUT2D eigenvalue weighted by atomic mass is 32.2. The van der Waals surface area contributed by atoms with Crippen LogP contribution in [0.25, 0.3) is 11.2 Å². The Morgan fingerprint density at radius 2 is 1.96 bits per heavy atom. The highest BCUT2D eigenvalue weighted by molar-refractivity contribution is 7.90. The molecule has 8 heteroatoms. The van der Waals surface area contributed by atoms with Crippen LogP contribution in [0.2, 0.25) is 0 Å². The number of aromatic nitrogens is 2. The number of fused-ring (bicyclic) bond motifs is 1. The molecule has 118 valence electrons. The predicted octanol–water partition coefficient (Wildman–Crippen LogP) is 1.56. The number of hydrogen-bond donors (Lipinski definition) is 1. The zero-order valence-electron chi connectivity index (χ0n) is 12.2. The van der Waals surface area contributed by atoms with E-state index in [9.17, 15) is 13.2 Å². The quantitative estimate of drug-likeness (QED) is 0.778. The third-order valence-corrected chi connectivity index (χ3v) is 4.28. The molecular formula is C15H13N3O4S. The van der Waals surface area contributed by atoms with Crippen LogP contribution in [0, 0.1) is 0 Å². The summed E-state index contributed by atoms with van der Waals surface area (Å²) in [6.45, 7) is 0.114. The van der Waals surface area contributed by atoms with Crippen molar-refractivity contribution >= 4 is 27.0 Å². The molecule has 1 aromatic carbocycles. The first-order chi connectivity index (χ1) is 10.9. The minimum atomic E-state index is -3.28. The van der Waals surface area contributed by atoms with Gasteiger partial charge in [0.15, 0.2) is 21.1 Å². The lowest BCUT2D eigenvalue weighted by molar-refractivity contribution is 0.0947. The van der Waals surface area contributed by atoms with Crippen molar-refractivity contribution < 1.29 is 17.6 Å². The zero-order chi connectivity index (χ0) is 16.4. The summed E-state index contributed by atoms with van der Waals surface area (Å²) in [7, 11) is -3.28. The Bertz CT molecular complexity index is 929. The number of carbonyl (C=O) groups excluding carboxylic acids is 1. The molecule has 2 aromatic heterocycles. The van der Waals surface area contributed by atoms with Crippen molar-refractivity contribution in [2.75, 3.05) is 6.26 Å². The summed E-state index contributed by atoms with van der Waals surface area (Å²) in [4.78, 5) is 20.4. The van der Waals surface area contributed by atoms with E-state index in [4.69, 9.17) is 4.42 Å². The summed E-state index contributed by atoms with van der Waals surface area (Å²) >= 11 is 0. The van der Waals surface area contributed by atoms with Crippen LogP contribution in [0.4, 0.5) is 0 Å².